The molecule has 0 bridgehead atoms. The summed E-state index contributed by atoms with van der Waals surface area (Å²) in [7, 11) is 4.46. The summed E-state index contributed by atoms with van der Waals surface area (Å²) in [6.07, 6.45) is 1.12. The smallest absolute Gasteiger partial charge is 0.102 e. The molecular weight excluding hydrogens is 138 g/mol. The van der Waals surface area contributed by atoms with Gasteiger partial charge in [0.1, 0.15) is 6.54 Å². The number of hydrogen-bond donors (Lipinski definition) is 0. The second-order valence-electron chi connectivity index (χ2n) is 3.59. The topological polar surface area (TPSA) is 9.23 Å². The van der Waals surface area contributed by atoms with Crippen molar-refractivity contribution in [3.63, 3.8) is 0 Å². The number of likely N-dealkylation sites (N-methyl/N-ethyl adjacent to an activating group) is 1. The van der Waals surface area contributed by atoms with E-state index in [1.807, 2.05) is 0 Å². The normalized spacial score (nSPS) is 12.0. The molecule has 0 aliphatic rings. The molecule has 2 nitrogen and oxygen atoms in total. The Kier molecular flexibility index (Phi) is 5.51. The van der Waals surface area contributed by atoms with Gasteiger partial charge in [0.15, 0.2) is 0 Å². The predicted molar refractivity (Wildman–Crippen MR) is 48.6 cm³/mol. The summed E-state index contributed by atoms with van der Waals surface area (Å²) in [6, 6.07) is 0. The van der Waals surface area contributed by atoms with Gasteiger partial charge in [0, 0.05) is 6.61 Å². The summed E-state index contributed by atoms with van der Waals surface area (Å²) in [5, 5.41) is 0. The van der Waals surface area contributed by atoms with E-state index in [0.717, 1.165) is 30.7 Å². The summed E-state index contributed by atoms with van der Waals surface area (Å²) >= 11 is 0. The monoisotopic (exact) mass is 160 g/mol. The summed E-state index contributed by atoms with van der Waals surface area (Å²) < 4.78 is 6.46. The van der Waals surface area contributed by atoms with E-state index in [0.29, 0.717) is 0 Å². The van der Waals surface area contributed by atoms with Crippen LogP contribution in [0.5, 0.6) is 0 Å². The molecule has 0 spiro atoms. The maximum atomic E-state index is 5.40. The summed E-state index contributed by atoms with van der Waals surface area (Å²) in [5.41, 5.74) is 0. The van der Waals surface area contributed by atoms with Crippen LogP contribution < -0.4 is 0 Å². The highest BCUT2D eigenvalue weighted by molar-refractivity contribution is 4.31. The fraction of sp³-hybridized carbons (Fsp3) is 1.00. The Labute approximate surface area is 70.7 Å². The molecule has 0 fully saturated rings. The molecule has 0 rings (SSSR count). The third kappa shape index (κ3) is 6.32. The zero-order valence-corrected chi connectivity index (χ0v) is 8.39. The van der Waals surface area contributed by atoms with Crippen molar-refractivity contribution < 1.29 is 9.22 Å². The molecule has 0 aromatic carbocycles. The van der Waals surface area contributed by atoms with E-state index < -0.39 is 0 Å². The molecule has 0 amide bonds. The van der Waals surface area contributed by atoms with Crippen LogP contribution in [-0.2, 0) is 4.74 Å². The lowest BCUT2D eigenvalue weighted by molar-refractivity contribution is -0.888. The van der Waals surface area contributed by atoms with E-state index in [4.69, 9.17) is 4.74 Å². The van der Waals surface area contributed by atoms with Gasteiger partial charge in [-0.2, -0.15) is 0 Å². The first-order chi connectivity index (χ1) is 5.12. The average Bonchev–Trinajstić information content (AvgIpc) is 1.99. The Bertz CT molecular complexity index is 91.6. The Morgan fingerprint density at radius 3 is 2.18 bits per heavy atom. The van der Waals surface area contributed by atoms with Gasteiger partial charge in [0.05, 0.1) is 27.2 Å². The summed E-state index contributed by atoms with van der Waals surface area (Å²) in [5.74, 6) is 0. The molecule has 0 aromatic rings. The van der Waals surface area contributed by atoms with Crippen LogP contribution in [0.25, 0.3) is 0 Å². The fourth-order valence-electron chi connectivity index (χ4n) is 0.716. The fourth-order valence-corrected chi connectivity index (χ4v) is 0.716. The zero-order valence-electron chi connectivity index (χ0n) is 8.39. The van der Waals surface area contributed by atoms with E-state index in [2.05, 4.69) is 27.9 Å². The molecule has 11 heavy (non-hydrogen) atoms. The van der Waals surface area contributed by atoms with Crippen molar-refractivity contribution >= 4 is 0 Å². The first-order valence-corrected chi connectivity index (χ1v) is 4.52. The van der Waals surface area contributed by atoms with Gasteiger partial charge in [0.2, 0.25) is 0 Å². The van der Waals surface area contributed by atoms with E-state index >= 15 is 0 Å². The van der Waals surface area contributed by atoms with Crippen molar-refractivity contribution in [1.29, 1.82) is 0 Å². The van der Waals surface area contributed by atoms with Crippen molar-refractivity contribution in [2.24, 2.45) is 0 Å². The van der Waals surface area contributed by atoms with Gasteiger partial charge in [-0.05, 0) is 13.3 Å². The van der Waals surface area contributed by atoms with Crippen molar-refractivity contribution in [3.05, 3.63) is 0 Å². The molecule has 0 aliphatic carbocycles. The molecule has 0 radical (unpaired) electrons. The van der Waals surface area contributed by atoms with Crippen molar-refractivity contribution in [1.82, 2.24) is 0 Å². The molecular formula is C9H22NO+. The van der Waals surface area contributed by atoms with E-state index in [1.165, 1.54) is 6.54 Å². The Hall–Kier alpha value is -0.0800. The maximum absolute atomic E-state index is 5.40. The van der Waals surface area contributed by atoms with Crippen LogP contribution in [0.15, 0.2) is 0 Å². The number of nitrogens with zero attached hydrogens (tertiary/aromatic N) is 1. The van der Waals surface area contributed by atoms with Crippen LogP contribution in [-0.4, -0.2) is 44.9 Å². The number of ether oxygens (including phenoxy) is 1. The van der Waals surface area contributed by atoms with Gasteiger partial charge in [-0.25, -0.2) is 0 Å². The molecule has 0 heterocycles. The average molecular weight is 160 g/mol. The number of hydrogen-bond acceptors (Lipinski definition) is 1. The SMILES string of the molecule is CCCOCC[N+](C)(C)CC. The lowest BCUT2D eigenvalue weighted by Gasteiger charge is -2.27. The van der Waals surface area contributed by atoms with Gasteiger partial charge in [-0.15, -0.1) is 0 Å². The van der Waals surface area contributed by atoms with Crippen LogP contribution in [0.4, 0.5) is 0 Å². The Morgan fingerprint density at radius 2 is 1.73 bits per heavy atom. The zero-order chi connectivity index (χ0) is 8.74. The standard InChI is InChI=1S/C9H22NO/c1-5-8-11-9-7-10(3,4)6-2/h5-9H2,1-4H3/q+1. The van der Waals surface area contributed by atoms with E-state index in [9.17, 15) is 0 Å². The van der Waals surface area contributed by atoms with Crippen LogP contribution in [0.2, 0.25) is 0 Å². The molecule has 0 N–H and O–H groups in total. The third-order valence-corrected chi connectivity index (χ3v) is 2.05. The van der Waals surface area contributed by atoms with Crippen molar-refractivity contribution in [2.75, 3.05) is 40.4 Å². The minimum Gasteiger partial charge on any atom is -0.376 e. The first kappa shape index (κ1) is 10.9. The van der Waals surface area contributed by atoms with Gasteiger partial charge < -0.3 is 9.22 Å². The van der Waals surface area contributed by atoms with E-state index in [1.54, 1.807) is 0 Å². The molecule has 0 saturated carbocycles. The highest BCUT2D eigenvalue weighted by Gasteiger charge is 2.09. The van der Waals surface area contributed by atoms with Gasteiger partial charge in [-0.1, -0.05) is 6.92 Å². The quantitative estimate of drug-likeness (QED) is 0.423. The molecule has 0 aromatic heterocycles. The second-order valence-corrected chi connectivity index (χ2v) is 3.59. The molecule has 0 atom stereocenters. The summed E-state index contributed by atoms with van der Waals surface area (Å²) in [6.45, 7) is 8.45. The maximum Gasteiger partial charge on any atom is 0.102 e. The van der Waals surface area contributed by atoms with E-state index in [-0.39, 0.29) is 0 Å². The summed E-state index contributed by atoms with van der Waals surface area (Å²) in [4.78, 5) is 0. The predicted octanol–water partition coefficient (Wildman–Crippen LogP) is 1.51. The van der Waals surface area contributed by atoms with Crippen LogP contribution in [0.1, 0.15) is 20.3 Å². The minimum atomic E-state index is 0.898. The van der Waals surface area contributed by atoms with Gasteiger partial charge >= 0.3 is 0 Å². The molecule has 0 aliphatic heterocycles. The second kappa shape index (κ2) is 5.56. The van der Waals surface area contributed by atoms with Crippen molar-refractivity contribution in [3.8, 4) is 0 Å². The molecule has 0 saturated heterocycles. The highest BCUT2D eigenvalue weighted by atomic mass is 16.5. The minimum absolute atomic E-state index is 0.898. The van der Waals surface area contributed by atoms with Crippen LogP contribution in [0.3, 0.4) is 0 Å². The third-order valence-electron chi connectivity index (χ3n) is 2.05. The largest absolute Gasteiger partial charge is 0.376 e. The number of quaternary nitrogens is 1. The molecule has 68 valence electrons. The number of rotatable bonds is 6. The van der Waals surface area contributed by atoms with Gasteiger partial charge in [0.25, 0.3) is 0 Å². The lowest BCUT2D eigenvalue weighted by Crippen LogP contribution is -2.41. The first-order valence-electron chi connectivity index (χ1n) is 4.52. The Morgan fingerprint density at radius 1 is 1.09 bits per heavy atom. The molecule has 2 heteroatoms. The Balaban J connectivity index is 3.23. The van der Waals surface area contributed by atoms with Crippen LogP contribution >= 0.6 is 0 Å². The van der Waals surface area contributed by atoms with Gasteiger partial charge in [-0.3, -0.25) is 0 Å². The molecule has 0 unspecified atom stereocenters. The van der Waals surface area contributed by atoms with Crippen molar-refractivity contribution in [2.45, 2.75) is 20.3 Å². The highest BCUT2D eigenvalue weighted by Crippen LogP contribution is 1.94. The van der Waals surface area contributed by atoms with Crippen LogP contribution in [0, 0.1) is 0 Å². The lowest BCUT2D eigenvalue weighted by atomic mass is 10.4.